The molecule has 4 rings (SSSR count). The van der Waals surface area contributed by atoms with Crippen LogP contribution in [0.4, 0.5) is 14.5 Å². The van der Waals surface area contributed by atoms with Gasteiger partial charge in [-0.25, -0.2) is 13.8 Å². The maximum Gasteiger partial charge on any atom is 0.327 e. The molecule has 0 radical (unpaired) electrons. The van der Waals surface area contributed by atoms with Crippen molar-refractivity contribution in [1.82, 2.24) is 4.98 Å². The average molecular weight is 502 g/mol. The van der Waals surface area contributed by atoms with Gasteiger partial charge in [-0.05, 0) is 65.6 Å². The Labute approximate surface area is 213 Å². The van der Waals surface area contributed by atoms with Gasteiger partial charge in [0.25, 0.3) is 11.6 Å². The predicted octanol–water partition coefficient (Wildman–Crippen LogP) is 6.42. The van der Waals surface area contributed by atoms with Gasteiger partial charge in [0.2, 0.25) is 0 Å². The van der Waals surface area contributed by atoms with Crippen molar-refractivity contribution in [1.29, 1.82) is 5.26 Å². The Balaban J connectivity index is 1.73. The molecule has 0 bridgehead atoms. The van der Waals surface area contributed by atoms with Crippen LogP contribution >= 0.6 is 0 Å². The van der Waals surface area contributed by atoms with Crippen LogP contribution in [-0.4, -0.2) is 16.1 Å². The van der Waals surface area contributed by atoms with Gasteiger partial charge in [0.05, 0.1) is 17.2 Å². The minimum Gasteiger partial charge on any atom is -0.349 e. The molecule has 188 valence electrons. The monoisotopic (exact) mass is 501 g/mol. The number of aryl methyl sites for hydroxylation is 3. The van der Waals surface area contributed by atoms with Crippen LogP contribution in [0.5, 0.6) is 0 Å². The number of nitrogens with zero attached hydrogens (tertiary/aromatic N) is 2. The Kier molecular flexibility index (Phi) is 6.82. The van der Waals surface area contributed by atoms with Crippen LogP contribution in [0.15, 0.2) is 60.7 Å². The van der Waals surface area contributed by atoms with Crippen LogP contribution in [0.1, 0.15) is 51.8 Å². The van der Waals surface area contributed by atoms with E-state index in [-0.39, 0.29) is 29.2 Å². The zero-order valence-electron chi connectivity index (χ0n) is 21.0. The van der Waals surface area contributed by atoms with Crippen molar-refractivity contribution < 1.29 is 23.5 Å². The van der Waals surface area contributed by atoms with Crippen LogP contribution in [0.25, 0.3) is 22.5 Å². The average Bonchev–Trinajstić information content (AvgIpc) is 3.17. The lowest BCUT2D eigenvalue weighted by molar-refractivity contribution is -0.896. The van der Waals surface area contributed by atoms with Crippen molar-refractivity contribution in [2.75, 3.05) is 5.32 Å². The largest absolute Gasteiger partial charge is 0.349 e. The van der Waals surface area contributed by atoms with E-state index in [0.29, 0.717) is 22.4 Å². The highest BCUT2D eigenvalue weighted by Crippen LogP contribution is 2.34. The number of alkyl halides is 2. The normalized spacial score (nSPS) is 11.3. The number of imidazole rings is 1. The fourth-order valence-corrected chi connectivity index (χ4v) is 4.48. The van der Waals surface area contributed by atoms with Gasteiger partial charge < -0.3 is 10.5 Å². The minimum atomic E-state index is -3.02. The van der Waals surface area contributed by atoms with Gasteiger partial charge >= 0.3 is 11.7 Å². The fraction of sp³-hybridized carbons (Fsp3) is 0.207. The molecule has 4 aromatic rings. The van der Waals surface area contributed by atoms with E-state index in [2.05, 4.69) is 16.4 Å². The van der Waals surface area contributed by atoms with E-state index in [4.69, 9.17) is 0 Å². The van der Waals surface area contributed by atoms with E-state index in [1.54, 1.807) is 25.1 Å². The summed E-state index contributed by atoms with van der Waals surface area (Å²) < 4.78 is 29.0. The molecule has 0 aliphatic heterocycles. The molecule has 0 atom stereocenters. The number of nitriles is 1. The second-order valence-corrected chi connectivity index (χ2v) is 8.99. The van der Waals surface area contributed by atoms with Crippen molar-refractivity contribution >= 4 is 11.6 Å². The maximum absolute atomic E-state index is 14.1. The molecule has 1 amide bonds. The summed E-state index contributed by atoms with van der Waals surface area (Å²) in [6.07, 6.45) is -0.365. The standard InChI is InChI=1S/C29H26F2N4O2/c1-5-29(30,31)22-10-7-11-23(15-22)34-28(36)26-19(4)33-27(35(26)37)20-12-13-21(16-32)24(14-20)25-17(2)8-6-9-18(25)3/h6-15,37H,5H2,1-4H3,(H,34,36)/p+1. The molecule has 1 heterocycles. The molecule has 37 heavy (non-hydrogen) atoms. The number of benzene rings is 3. The summed E-state index contributed by atoms with van der Waals surface area (Å²) in [5.41, 5.74) is 4.98. The first-order valence-electron chi connectivity index (χ1n) is 11.8. The molecule has 3 aromatic carbocycles. The third-order valence-electron chi connectivity index (χ3n) is 6.45. The summed E-state index contributed by atoms with van der Waals surface area (Å²) in [4.78, 5) is 16.1. The molecule has 0 aliphatic rings. The van der Waals surface area contributed by atoms with Gasteiger partial charge in [0, 0.05) is 30.2 Å². The lowest BCUT2D eigenvalue weighted by Crippen LogP contribution is -2.39. The number of aromatic amines is 1. The topological polar surface area (TPSA) is 92.8 Å². The van der Waals surface area contributed by atoms with Gasteiger partial charge in [-0.1, -0.05) is 37.3 Å². The number of nitrogens with one attached hydrogen (secondary N) is 2. The van der Waals surface area contributed by atoms with Gasteiger partial charge in [-0.15, -0.1) is 0 Å². The fourth-order valence-electron chi connectivity index (χ4n) is 4.48. The molecular weight excluding hydrogens is 474 g/mol. The van der Waals surface area contributed by atoms with Crippen molar-refractivity contribution in [3.63, 3.8) is 0 Å². The zero-order chi connectivity index (χ0) is 26.9. The third-order valence-corrected chi connectivity index (χ3v) is 6.45. The number of carbonyl (C=O) groups is 1. The molecule has 0 saturated heterocycles. The number of carbonyl (C=O) groups excluding carboxylic acids is 1. The number of rotatable bonds is 6. The van der Waals surface area contributed by atoms with Gasteiger partial charge in [-0.3, -0.25) is 4.79 Å². The molecule has 3 N–H and O–H groups in total. The van der Waals surface area contributed by atoms with E-state index >= 15 is 0 Å². The van der Waals surface area contributed by atoms with E-state index in [0.717, 1.165) is 21.4 Å². The van der Waals surface area contributed by atoms with Crippen LogP contribution in [0.2, 0.25) is 0 Å². The second-order valence-electron chi connectivity index (χ2n) is 8.99. The Morgan fingerprint density at radius 3 is 2.41 bits per heavy atom. The highest BCUT2D eigenvalue weighted by atomic mass is 19.3. The molecule has 0 unspecified atom stereocenters. The highest BCUT2D eigenvalue weighted by molar-refractivity contribution is 6.02. The summed E-state index contributed by atoms with van der Waals surface area (Å²) >= 11 is 0. The third kappa shape index (κ3) is 4.81. The Morgan fingerprint density at radius 1 is 1.08 bits per heavy atom. The Bertz CT molecular complexity index is 1530. The zero-order valence-corrected chi connectivity index (χ0v) is 21.0. The quantitative estimate of drug-likeness (QED) is 0.210. The maximum atomic E-state index is 14.1. The number of hydrogen-bond acceptors (Lipinski definition) is 3. The first kappa shape index (κ1) is 25.6. The Hall–Kier alpha value is -4.51. The van der Waals surface area contributed by atoms with Gasteiger partial charge in [-0.2, -0.15) is 5.26 Å². The number of amides is 1. The van der Waals surface area contributed by atoms with E-state index in [1.807, 2.05) is 32.0 Å². The van der Waals surface area contributed by atoms with E-state index in [1.165, 1.54) is 31.2 Å². The number of H-pyrrole nitrogens is 1. The number of hydrogen-bond donors (Lipinski definition) is 3. The first-order valence-corrected chi connectivity index (χ1v) is 11.8. The number of halogens is 2. The summed E-state index contributed by atoms with van der Waals surface area (Å²) in [5.74, 6) is -3.44. The molecule has 0 fully saturated rings. The minimum absolute atomic E-state index is 0.0689. The molecule has 0 saturated carbocycles. The summed E-state index contributed by atoms with van der Waals surface area (Å²) in [5, 5.41) is 23.3. The van der Waals surface area contributed by atoms with Crippen LogP contribution in [-0.2, 0) is 5.92 Å². The molecule has 0 spiro atoms. The smallest absolute Gasteiger partial charge is 0.327 e. The van der Waals surface area contributed by atoms with E-state index in [9.17, 15) is 24.0 Å². The van der Waals surface area contributed by atoms with Crippen molar-refractivity contribution in [3.05, 3.63) is 94.3 Å². The SMILES string of the molecule is CCC(F)(F)c1cccc(NC(=O)c2c(C)[nH]c(-c3ccc(C#N)c(-c4c(C)cccc4C)c3)[n+]2O)c1. The number of anilines is 1. The van der Waals surface area contributed by atoms with Gasteiger partial charge in [0.1, 0.15) is 0 Å². The lowest BCUT2D eigenvalue weighted by Gasteiger charge is -2.15. The molecular formula is C29H27F2N4O2+. The molecule has 6 nitrogen and oxygen atoms in total. The van der Waals surface area contributed by atoms with Crippen molar-refractivity contribution in [3.8, 4) is 28.6 Å². The lowest BCUT2D eigenvalue weighted by atomic mass is 9.91. The van der Waals surface area contributed by atoms with Crippen molar-refractivity contribution in [2.45, 2.75) is 40.0 Å². The molecule has 0 aliphatic carbocycles. The van der Waals surface area contributed by atoms with E-state index < -0.39 is 11.8 Å². The predicted molar refractivity (Wildman–Crippen MR) is 137 cm³/mol. The Morgan fingerprint density at radius 2 is 1.76 bits per heavy atom. The summed E-state index contributed by atoms with van der Waals surface area (Å²) in [6.45, 7) is 6.95. The van der Waals surface area contributed by atoms with Crippen molar-refractivity contribution in [2.24, 2.45) is 0 Å². The van der Waals surface area contributed by atoms with Crippen LogP contribution in [0.3, 0.4) is 0 Å². The van der Waals surface area contributed by atoms with Crippen LogP contribution in [0, 0.1) is 32.1 Å². The van der Waals surface area contributed by atoms with Crippen LogP contribution < -0.4 is 10.0 Å². The highest BCUT2D eigenvalue weighted by Gasteiger charge is 2.32. The molecule has 8 heteroatoms. The summed E-state index contributed by atoms with van der Waals surface area (Å²) in [7, 11) is 0. The molecule has 1 aromatic heterocycles. The second kappa shape index (κ2) is 9.86. The first-order chi connectivity index (χ1) is 17.6. The number of aromatic nitrogens is 2. The van der Waals surface area contributed by atoms with Gasteiger partial charge in [0.15, 0.2) is 5.69 Å². The summed E-state index contributed by atoms with van der Waals surface area (Å²) in [6, 6.07) is 18.8.